The number of amides is 1. The minimum atomic E-state index is -0.0686. The second-order valence-electron chi connectivity index (χ2n) is 13.3. The molecule has 4 aliphatic heterocycles. The van der Waals surface area contributed by atoms with Crippen LogP contribution in [0.15, 0.2) is 47.0 Å². The van der Waals surface area contributed by atoms with E-state index in [1.807, 2.05) is 24.0 Å². The molecule has 0 N–H and O–H groups in total. The standard InChI is InChI=1S/C36H41ClN8O3/c1-2-30-39-31(48-41-30)11-12-32(46)42-19-21-43(22-20-42)34-26-13-18-44(29-10-4-8-25-7-3-9-27(37)33(25)29)23-28(26)38-35(40-34)47-24-36-14-5-16-45(36)17-6-15-36/h3-4,7-12H,2,5-6,13-24H2,1H3/b12-11+. The number of anilines is 2. The molecule has 0 unspecified atom stereocenters. The molecule has 3 fully saturated rings. The van der Waals surface area contributed by atoms with E-state index >= 15 is 0 Å². The average molecular weight is 669 g/mol. The third-order valence-electron chi connectivity index (χ3n) is 10.5. The van der Waals surface area contributed by atoms with Gasteiger partial charge >= 0.3 is 6.01 Å². The van der Waals surface area contributed by atoms with Gasteiger partial charge in [-0.25, -0.2) is 0 Å². The van der Waals surface area contributed by atoms with Crippen LogP contribution in [0.5, 0.6) is 6.01 Å². The molecule has 11 nitrogen and oxygen atoms in total. The largest absolute Gasteiger partial charge is 0.461 e. The molecule has 0 bridgehead atoms. The summed E-state index contributed by atoms with van der Waals surface area (Å²) in [6.07, 6.45) is 9.36. The molecular formula is C36H41ClN8O3. The third kappa shape index (κ3) is 5.87. The summed E-state index contributed by atoms with van der Waals surface area (Å²) in [6, 6.07) is 12.9. The molecule has 0 spiro atoms. The van der Waals surface area contributed by atoms with E-state index in [1.54, 1.807) is 6.08 Å². The molecule has 0 saturated carbocycles. The molecule has 0 atom stereocenters. The van der Waals surface area contributed by atoms with Gasteiger partial charge in [-0.2, -0.15) is 15.0 Å². The number of halogens is 1. The van der Waals surface area contributed by atoms with Crippen LogP contribution in [0, 0.1) is 0 Å². The van der Waals surface area contributed by atoms with Crippen LogP contribution < -0.4 is 14.5 Å². The lowest BCUT2D eigenvalue weighted by atomic mass is 9.95. The first-order valence-electron chi connectivity index (χ1n) is 17.2. The molecule has 250 valence electrons. The predicted octanol–water partition coefficient (Wildman–Crippen LogP) is 5.16. The number of piperazine rings is 1. The summed E-state index contributed by atoms with van der Waals surface area (Å²) in [5.74, 6) is 1.83. The number of hydrogen-bond acceptors (Lipinski definition) is 10. The lowest BCUT2D eigenvalue weighted by Crippen LogP contribution is -2.49. The minimum Gasteiger partial charge on any atom is -0.461 e. The van der Waals surface area contributed by atoms with E-state index in [9.17, 15) is 4.79 Å². The van der Waals surface area contributed by atoms with Crippen molar-refractivity contribution < 1.29 is 14.1 Å². The highest BCUT2D eigenvalue weighted by Crippen LogP contribution is 2.40. The lowest BCUT2D eigenvalue weighted by Gasteiger charge is -2.38. The molecule has 8 rings (SSSR count). The van der Waals surface area contributed by atoms with E-state index in [2.05, 4.69) is 49.1 Å². The van der Waals surface area contributed by atoms with E-state index in [0.717, 1.165) is 77.5 Å². The average Bonchev–Trinajstić information content (AvgIpc) is 3.86. The number of rotatable bonds is 8. The Balaban J connectivity index is 1.04. The van der Waals surface area contributed by atoms with Crippen molar-refractivity contribution in [1.82, 2.24) is 29.9 Å². The second-order valence-corrected chi connectivity index (χ2v) is 13.7. The maximum atomic E-state index is 13.0. The zero-order chi connectivity index (χ0) is 32.7. The monoisotopic (exact) mass is 668 g/mol. The van der Waals surface area contributed by atoms with Crippen molar-refractivity contribution in [3.8, 4) is 6.01 Å². The number of ether oxygens (including phenoxy) is 1. The Labute approximate surface area is 285 Å². The predicted molar refractivity (Wildman–Crippen MR) is 186 cm³/mol. The molecule has 4 aromatic rings. The minimum absolute atomic E-state index is 0.0686. The summed E-state index contributed by atoms with van der Waals surface area (Å²) in [5, 5.41) is 6.84. The number of carbonyl (C=O) groups excluding carboxylic acids is 1. The van der Waals surface area contributed by atoms with Gasteiger partial charge in [0.15, 0.2) is 5.82 Å². The second kappa shape index (κ2) is 13.0. The molecule has 0 radical (unpaired) electrons. The summed E-state index contributed by atoms with van der Waals surface area (Å²) < 4.78 is 11.7. The van der Waals surface area contributed by atoms with Gasteiger partial charge in [-0.05, 0) is 62.7 Å². The molecule has 2 aromatic carbocycles. The van der Waals surface area contributed by atoms with Crippen molar-refractivity contribution in [2.75, 3.05) is 62.2 Å². The number of carbonyl (C=O) groups is 1. The van der Waals surface area contributed by atoms with Gasteiger partial charge in [-0.1, -0.05) is 47.9 Å². The number of aryl methyl sites for hydroxylation is 1. The van der Waals surface area contributed by atoms with Crippen LogP contribution in [0.1, 0.15) is 55.6 Å². The Morgan fingerprint density at radius 3 is 2.54 bits per heavy atom. The topological polar surface area (TPSA) is 104 Å². The Kier molecular flexibility index (Phi) is 8.42. The van der Waals surface area contributed by atoms with Gasteiger partial charge in [0.05, 0.1) is 22.8 Å². The molecule has 48 heavy (non-hydrogen) atoms. The van der Waals surface area contributed by atoms with E-state index in [4.69, 9.17) is 30.8 Å². The lowest BCUT2D eigenvalue weighted by molar-refractivity contribution is -0.126. The molecular weight excluding hydrogens is 628 g/mol. The Morgan fingerprint density at radius 1 is 0.979 bits per heavy atom. The molecule has 3 saturated heterocycles. The van der Waals surface area contributed by atoms with Crippen LogP contribution >= 0.6 is 11.6 Å². The molecule has 2 aromatic heterocycles. The van der Waals surface area contributed by atoms with Gasteiger partial charge in [0.1, 0.15) is 12.4 Å². The first-order chi connectivity index (χ1) is 23.5. The Bertz CT molecular complexity index is 1840. The van der Waals surface area contributed by atoms with Crippen molar-refractivity contribution in [2.24, 2.45) is 0 Å². The number of hydrogen-bond donors (Lipinski definition) is 0. The molecule has 1 amide bonds. The highest BCUT2D eigenvalue weighted by atomic mass is 35.5. The summed E-state index contributed by atoms with van der Waals surface area (Å²) in [6.45, 7) is 8.84. The fourth-order valence-electron chi connectivity index (χ4n) is 7.99. The molecule has 4 aliphatic rings. The van der Waals surface area contributed by atoms with Gasteiger partial charge in [0.25, 0.3) is 5.89 Å². The van der Waals surface area contributed by atoms with Gasteiger partial charge in [0, 0.05) is 67.9 Å². The highest BCUT2D eigenvalue weighted by molar-refractivity contribution is 6.36. The van der Waals surface area contributed by atoms with E-state index in [1.165, 1.54) is 18.9 Å². The first-order valence-corrected chi connectivity index (χ1v) is 17.6. The van der Waals surface area contributed by atoms with Crippen molar-refractivity contribution in [1.29, 1.82) is 0 Å². The van der Waals surface area contributed by atoms with E-state index in [0.29, 0.717) is 63.5 Å². The van der Waals surface area contributed by atoms with E-state index in [-0.39, 0.29) is 11.4 Å². The number of benzene rings is 2. The summed E-state index contributed by atoms with van der Waals surface area (Å²) in [5.41, 5.74) is 3.37. The van der Waals surface area contributed by atoms with Crippen molar-refractivity contribution in [3.05, 3.63) is 70.5 Å². The van der Waals surface area contributed by atoms with Crippen LogP contribution in [0.3, 0.4) is 0 Å². The van der Waals surface area contributed by atoms with Crippen molar-refractivity contribution in [2.45, 2.75) is 57.5 Å². The fraction of sp³-hybridized carbons (Fsp3) is 0.472. The van der Waals surface area contributed by atoms with Crippen LogP contribution in [-0.4, -0.2) is 93.8 Å². The van der Waals surface area contributed by atoms with Crippen LogP contribution in [0.4, 0.5) is 11.5 Å². The van der Waals surface area contributed by atoms with Crippen molar-refractivity contribution in [3.63, 3.8) is 0 Å². The molecule has 12 heteroatoms. The first kappa shape index (κ1) is 31.1. The Morgan fingerprint density at radius 2 is 1.77 bits per heavy atom. The van der Waals surface area contributed by atoms with Crippen LogP contribution in [0.2, 0.25) is 5.02 Å². The van der Waals surface area contributed by atoms with Crippen LogP contribution in [-0.2, 0) is 24.2 Å². The maximum Gasteiger partial charge on any atom is 0.318 e. The number of fused-ring (bicyclic) bond motifs is 3. The third-order valence-corrected chi connectivity index (χ3v) is 10.9. The van der Waals surface area contributed by atoms with Gasteiger partial charge in [-0.15, -0.1) is 0 Å². The SMILES string of the molecule is CCc1noc(/C=C/C(=O)N2CCN(c3nc(OCC45CCCN4CCC5)nc4c3CCN(c3cccc5cccc(Cl)c35)C4)CC2)n1. The summed E-state index contributed by atoms with van der Waals surface area (Å²) >= 11 is 6.75. The summed E-state index contributed by atoms with van der Waals surface area (Å²) in [7, 11) is 0. The van der Waals surface area contributed by atoms with Gasteiger partial charge < -0.3 is 24.0 Å². The van der Waals surface area contributed by atoms with Gasteiger partial charge in [0.2, 0.25) is 5.91 Å². The quantitative estimate of drug-likeness (QED) is 0.234. The number of nitrogens with zero attached hydrogens (tertiary/aromatic N) is 8. The zero-order valence-electron chi connectivity index (χ0n) is 27.4. The number of aromatic nitrogens is 4. The van der Waals surface area contributed by atoms with E-state index < -0.39 is 0 Å². The molecule has 6 heterocycles. The highest BCUT2D eigenvalue weighted by Gasteiger charge is 2.45. The van der Waals surface area contributed by atoms with Crippen molar-refractivity contribution >= 4 is 45.9 Å². The fourth-order valence-corrected chi connectivity index (χ4v) is 8.26. The summed E-state index contributed by atoms with van der Waals surface area (Å²) in [4.78, 5) is 36.6. The smallest absolute Gasteiger partial charge is 0.318 e. The normalized spacial score (nSPS) is 19.3. The zero-order valence-corrected chi connectivity index (χ0v) is 28.2. The van der Waals surface area contributed by atoms with Crippen LogP contribution in [0.25, 0.3) is 16.8 Å². The van der Waals surface area contributed by atoms with Gasteiger partial charge in [-0.3, -0.25) is 9.69 Å². The molecule has 0 aliphatic carbocycles. The maximum absolute atomic E-state index is 13.0. The Hall–Kier alpha value is -4.22.